The van der Waals surface area contributed by atoms with Gasteiger partial charge in [0, 0.05) is 42.6 Å². The van der Waals surface area contributed by atoms with Gasteiger partial charge in [-0.1, -0.05) is 19.9 Å². The van der Waals surface area contributed by atoms with Gasteiger partial charge in [-0.2, -0.15) is 0 Å². The Morgan fingerprint density at radius 2 is 1.88 bits per heavy atom. The van der Waals surface area contributed by atoms with Crippen molar-refractivity contribution >= 4 is 11.8 Å². The summed E-state index contributed by atoms with van der Waals surface area (Å²) in [4.78, 5) is 27.2. The third-order valence-electron chi connectivity index (χ3n) is 5.23. The number of carbonyl (C=O) groups is 2. The monoisotopic (exact) mass is 360 g/mol. The first-order valence-corrected chi connectivity index (χ1v) is 9.25. The number of benzene rings is 1. The zero-order valence-corrected chi connectivity index (χ0v) is 16.0. The van der Waals surface area contributed by atoms with Crippen molar-refractivity contribution in [2.75, 3.05) is 27.3 Å². The first kappa shape index (κ1) is 18.5. The predicted octanol–water partition coefficient (Wildman–Crippen LogP) is 2.18. The lowest BCUT2D eigenvalue weighted by molar-refractivity contribution is -0.133. The summed E-state index contributed by atoms with van der Waals surface area (Å²) in [6.07, 6.45) is 2.09. The molecule has 1 N–H and O–H groups in total. The van der Waals surface area contributed by atoms with Gasteiger partial charge in [-0.15, -0.1) is 0 Å². The van der Waals surface area contributed by atoms with Gasteiger partial charge in [0.15, 0.2) is 0 Å². The number of ether oxygens (including phenoxy) is 2. The van der Waals surface area contributed by atoms with Crippen LogP contribution in [-0.4, -0.2) is 50.1 Å². The van der Waals surface area contributed by atoms with E-state index in [2.05, 4.69) is 5.32 Å². The van der Waals surface area contributed by atoms with Crippen LogP contribution in [0.15, 0.2) is 18.2 Å². The van der Waals surface area contributed by atoms with E-state index < -0.39 is 0 Å². The molecule has 1 aliphatic carbocycles. The maximum absolute atomic E-state index is 12.8. The zero-order valence-electron chi connectivity index (χ0n) is 16.0. The SMILES string of the molecule is COc1ccc([C@@H]2CN(C(=O)C(C)C)C[C@@H]2C(=O)NC2CC2)c(OC)c1. The molecular formula is C20H28N2O4. The molecule has 2 amide bonds. The molecule has 142 valence electrons. The Labute approximate surface area is 154 Å². The zero-order chi connectivity index (χ0) is 18.8. The quantitative estimate of drug-likeness (QED) is 0.844. The summed E-state index contributed by atoms with van der Waals surface area (Å²) in [5.74, 6) is 1.09. The van der Waals surface area contributed by atoms with Gasteiger partial charge in [-0.3, -0.25) is 9.59 Å². The van der Waals surface area contributed by atoms with Crippen molar-refractivity contribution in [3.05, 3.63) is 23.8 Å². The molecule has 2 fully saturated rings. The highest BCUT2D eigenvalue weighted by molar-refractivity contribution is 5.84. The molecule has 6 nitrogen and oxygen atoms in total. The van der Waals surface area contributed by atoms with Crippen LogP contribution in [0.25, 0.3) is 0 Å². The number of nitrogens with one attached hydrogen (secondary N) is 1. The molecule has 0 spiro atoms. The molecule has 1 heterocycles. The third-order valence-corrected chi connectivity index (χ3v) is 5.23. The van der Waals surface area contributed by atoms with E-state index in [1.807, 2.05) is 36.9 Å². The van der Waals surface area contributed by atoms with E-state index in [4.69, 9.17) is 9.47 Å². The Morgan fingerprint density at radius 1 is 1.15 bits per heavy atom. The minimum Gasteiger partial charge on any atom is -0.497 e. The summed E-state index contributed by atoms with van der Waals surface area (Å²) in [6.45, 7) is 4.77. The van der Waals surface area contributed by atoms with Gasteiger partial charge in [0.05, 0.1) is 20.1 Å². The standard InChI is InChI=1S/C20H28N2O4/c1-12(2)20(24)22-10-16(17(11-22)19(23)21-13-5-6-13)15-8-7-14(25-3)9-18(15)26-4/h7-9,12-13,16-17H,5-6,10-11H2,1-4H3,(H,21,23)/t16-,17-/m0/s1. The van der Waals surface area contributed by atoms with Gasteiger partial charge in [-0.05, 0) is 18.9 Å². The molecule has 0 aromatic heterocycles. The molecule has 0 unspecified atom stereocenters. The molecule has 1 saturated heterocycles. The number of likely N-dealkylation sites (tertiary alicyclic amines) is 1. The Hall–Kier alpha value is -2.24. The summed E-state index contributed by atoms with van der Waals surface area (Å²) < 4.78 is 10.8. The van der Waals surface area contributed by atoms with Gasteiger partial charge in [0.25, 0.3) is 0 Å². The van der Waals surface area contributed by atoms with Gasteiger partial charge >= 0.3 is 0 Å². The number of carbonyl (C=O) groups excluding carboxylic acids is 2. The van der Waals surface area contributed by atoms with Crippen molar-refractivity contribution in [3.8, 4) is 11.5 Å². The highest BCUT2D eigenvalue weighted by atomic mass is 16.5. The smallest absolute Gasteiger partial charge is 0.225 e. The molecule has 3 rings (SSSR count). The summed E-state index contributed by atoms with van der Waals surface area (Å²) >= 11 is 0. The van der Waals surface area contributed by atoms with Crippen molar-refractivity contribution in [1.29, 1.82) is 0 Å². The van der Waals surface area contributed by atoms with Gasteiger partial charge < -0.3 is 19.7 Å². The highest BCUT2D eigenvalue weighted by Crippen LogP contribution is 2.40. The Balaban J connectivity index is 1.90. The van der Waals surface area contributed by atoms with Crippen LogP contribution in [0.2, 0.25) is 0 Å². The normalized spacial score (nSPS) is 22.4. The lowest BCUT2D eigenvalue weighted by Crippen LogP contribution is -2.37. The van der Waals surface area contributed by atoms with E-state index in [1.54, 1.807) is 14.2 Å². The number of hydrogen-bond acceptors (Lipinski definition) is 4. The summed E-state index contributed by atoms with van der Waals surface area (Å²) in [7, 11) is 3.22. The number of nitrogens with zero attached hydrogens (tertiary/aromatic N) is 1. The summed E-state index contributed by atoms with van der Waals surface area (Å²) in [6, 6.07) is 5.96. The van der Waals surface area contributed by atoms with Crippen LogP contribution < -0.4 is 14.8 Å². The molecule has 6 heteroatoms. The van der Waals surface area contributed by atoms with Crippen molar-refractivity contribution in [3.63, 3.8) is 0 Å². The molecule has 1 aromatic rings. The molecular weight excluding hydrogens is 332 g/mol. The molecule has 0 bridgehead atoms. The lowest BCUT2D eigenvalue weighted by Gasteiger charge is -2.21. The van der Waals surface area contributed by atoms with Crippen molar-refractivity contribution in [2.45, 2.75) is 38.6 Å². The number of methoxy groups -OCH3 is 2. The largest absolute Gasteiger partial charge is 0.497 e. The maximum atomic E-state index is 12.8. The van der Waals surface area contributed by atoms with Crippen LogP contribution >= 0.6 is 0 Å². The average molecular weight is 360 g/mol. The van der Waals surface area contributed by atoms with Gasteiger partial charge in [0.2, 0.25) is 11.8 Å². The summed E-state index contributed by atoms with van der Waals surface area (Å²) in [5.41, 5.74) is 0.948. The van der Waals surface area contributed by atoms with Crippen molar-refractivity contribution in [2.24, 2.45) is 11.8 Å². The fourth-order valence-corrected chi connectivity index (χ4v) is 3.59. The fourth-order valence-electron chi connectivity index (χ4n) is 3.59. The topological polar surface area (TPSA) is 67.9 Å². The minimum atomic E-state index is -0.263. The number of rotatable bonds is 6. The average Bonchev–Trinajstić information content (AvgIpc) is 3.34. The van der Waals surface area contributed by atoms with E-state index in [1.165, 1.54) is 0 Å². The van der Waals surface area contributed by atoms with Crippen LogP contribution in [-0.2, 0) is 9.59 Å². The van der Waals surface area contributed by atoms with Crippen LogP contribution in [0, 0.1) is 11.8 Å². The van der Waals surface area contributed by atoms with E-state index in [-0.39, 0.29) is 29.6 Å². The predicted molar refractivity (Wildman–Crippen MR) is 98.4 cm³/mol. The van der Waals surface area contributed by atoms with Crippen LogP contribution in [0.3, 0.4) is 0 Å². The van der Waals surface area contributed by atoms with Crippen LogP contribution in [0.5, 0.6) is 11.5 Å². The molecule has 1 saturated carbocycles. The van der Waals surface area contributed by atoms with E-state index >= 15 is 0 Å². The first-order chi connectivity index (χ1) is 12.4. The van der Waals surface area contributed by atoms with Crippen molar-refractivity contribution in [1.82, 2.24) is 10.2 Å². The lowest BCUT2D eigenvalue weighted by atomic mass is 9.87. The second-order valence-electron chi connectivity index (χ2n) is 7.50. The van der Waals surface area contributed by atoms with Gasteiger partial charge in [-0.25, -0.2) is 0 Å². The van der Waals surface area contributed by atoms with Crippen molar-refractivity contribution < 1.29 is 19.1 Å². The molecule has 0 radical (unpaired) electrons. The second-order valence-corrected chi connectivity index (χ2v) is 7.50. The number of hydrogen-bond donors (Lipinski definition) is 1. The molecule has 1 aromatic carbocycles. The maximum Gasteiger partial charge on any atom is 0.225 e. The Bertz CT molecular complexity index is 684. The van der Waals surface area contributed by atoms with E-state index in [0.717, 1.165) is 18.4 Å². The molecule has 2 atom stereocenters. The van der Waals surface area contributed by atoms with Gasteiger partial charge in [0.1, 0.15) is 11.5 Å². The first-order valence-electron chi connectivity index (χ1n) is 9.25. The Morgan fingerprint density at radius 3 is 2.46 bits per heavy atom. The van der Waals surface area contributed by atoms with E-state index in [0.29, 0.717) is 30.6 Å². The van der Waals surface area contributed by atoms with Crippen LogP contribution in [0.1, 0.15) is 38.2 Å². The third kappa shape index (κ3) is 3.79. The highest BCUT2D eigenvalue weighted by Gasteiger charge is 2.43. The second kappa shape index (κ2) is 7.56. The molecule has 26 heavy (non-hydrogen) atoms. The van der Waals surface area contributed by atoms with Crippen LogP contribution in [0.4, 0.5) is 0 Å². The molecule has 2 aliphatic rings. The minimum absolute atomic E-state index is 0.0365. The summed E-state index contributed by atoms with van der Waals surface area (Å²) in [5, 5.41) is 3.10. The number of amides is 2. The fraction of sp³-hybridized carbons (Fsp3) is 0.600. The Kier molecular flexibility index (Phi) is 5.39. The van der Waals surface area contributed by atoms with E-state index in [9.17, 15) is 9.59 Å². The molecule has 1 aliphatic heterocycles.